The molecule has 208 valence electrons. The zero-order valence-electron chi connectivity index (χ0n) is 23.4. The zero-order chi connectivity index (χ0) is 28.5. The van der Waals surface area contributed by atoms with Crippen LogP contribution in [0.2, 0.25) is 0 Å². The molecule has 0 unspecified atom stereocenters. The summed E-state index contributed by atoms with van der Waals surface area (Å²) in [5.41, 5.74) is 3.07. The Hall–Kier alpha value is -4.00. The van der Waals surface area contributed by atoms with Crippen molar-refractivity contribution < 1.29 is 17.9 Å². The molecule has 13 heteroatoms. The van der Waals surface area contributed by atoms with Crippen molar-refractivity contribution in [2.24, 2.45) is 15.5 Å². The van der Waals surface area contributed by atoms with Crippen molar-refractivity contribution in [3.8, 4) is 22.9 Å². The Bertz CT molecular complexity index is 1520. The quantitative estimate of drug-likeness (QED) is 0.381. The summed E-state index contributed by atoms with van der Waals surface area (Å²) in [5.74, 6) is 2.42. The number of aryl methyl sites for hydroxylation is 1. The predicted octanol–water partition coefficient (Wildman–Crippen LogP) is 3.83. The average Bonchev–Trinajstić information content (AvgIpc) is 3.46. The lowest BCUT2D eigenvalue weighted by Gasteiger charge is -2.20. The first-order valence-corrected chi connectivity index (χ1v) is 13.7. The maximum Gasteiger partial charge on any atom is 0.222 e. The molecule has 4 rings (SSSR count). The summed E-state index contributed by atoms with van der Waals surface area (Å²) in [6, 6.07) is 7.08. The van der Waals surface area contributed by atoms with Crippen LogP contribution in [0.4, 0.5) is 17.2 Å². The summed E-state index contributed by atoms with van der Waals surface area (Å²) >= 11 is 0. The number of nitrogens with one attached hydrogen (secondary N) is 1. The van der Waals surface area contributed by atoms with Gasteiger partial charge in [-0.05, 0) is 39.0 Å². The summed E-state index contributed by atoms with van der Waals surface area (Å²) in [5, 5.41) is 13.6. The molecule has 3 aromatic rings. The summed E-state index contributed by atoms with van der Waals surface area (Å²) < 4.78 is 38.1. The summed E-state index contributed by atoms with van der Waals surface area (Å²) in [4.78, 5) is 11.9. The molecular weight excluding hydrogens is 520 g/mol. The van der Waals surface area contributed by atoms with Crippen molar-refractivity contribution in [1.82, 2.24) is 19.9 Å². The van der Waals surface area contributed by atoms with E-state index in [1.54, 1.807) is 10.7 Å². The Labute approximate surface area is 229 Å². The highest BCUT2D eigenvalue weighted by atomic mass is 32.2. The number of anilines is 2. The van der Waals surface area contributed by atoms with Crippen molar-refractivity contribution in [1.29, 1.82) is 0 Å². The van der Waals surface area contributed by atoms with E-state index in [0.717, 1.165) is 24.6 Å². The van der Waals surface area contributed by atoms with Crippen molar-refractivity contribution >= 4 is 39.5 Å². The van der Waals surface area contributed by atoms with Gasteiger partial charge in [-0.2, -0.15) is 9.78 Å². The number of aromatic nitrogens is 4. The number of fused-ring (bicyclic) bond motifs is 1. The number of nitrogens with zero attached hydrogens (tertiary/aromatic N) is 7. The molecule has 1 aliphatic rings. The third-order valence-corrected chi connectivity index (χ3v) is 6.75. The third-order valence-electron chi connectivity index (χ3n) is 6.33. The second kappa shape index (κ2) is 11.0. The van der Waals surface area contributed by atoms with Crippen LogP contribution in [0.25, 0.3) is 11.4 Å². The molecule has 2 aromatic heterocycles. The second-order valence-electron chi connectivity index (χ2n) is 9.89. The van der Waals surface area contributed by atoms with E-state index in [-0.39, 0.29) is 11.1 Å². The highest BCUT2D eigenvalue weighted by molar-refractivity contribution is 7.73. The van der Waals surface area contributed by atoms with Gasteiger partial charge in [-0.15, -0.1) is 10.2 Å². The van der Waals surface area contributed by atoms with E-state index in [1.165, 1.54) is 20.3 Å². The van der Waals surface area contributed by atoms with Gasteiger partial charge < -0.3 is 14.4 Å². The molecule has 0 saturated carbocycles. The number of rotatable bonds is 9. The van der Waals surface area contributed by atoms with Gasteiger partial charge in [0.1, 0.15) is 11.5 Å². The molecule has 0 radical (unpaired) electrons. The molecule has 12 nitrogen and oxygen atoms in total. The van der Waals surface area contributed by atoms with Crippen LogP contribution in [0.15, 0.2) is 34.4 Å². The van der Waals surface area contributed by atoms with Crippen LogP contribution < -0.4 is 19.1 Å². The van der Waals surface area contributed by atoms with Crippen molar-refractivity contribution in [2.45, 2.75) is 41.5 Å². The lowest BCUT2D eigenvalue weighted by atomic mass is 9.87. The average molecular weight is 555 g/mol. The van der Waals surface area contributed by atoms with Crippen LogP contribution in [-0.2, 0) is 10.9 Å². The molecule has 0 amide bonds. The van der Waals surface area contributed by atoms with Crippen molar-refractivity contribution in [3.05, 3.63) is 35.8 Å². The highest BCUT2D eigenvalue weighted by Crippen LogP contribution is 2.40. The number of ether oxygens (including phenoxy) is 2. The monoisotopic (exact) mass is 554 g/mol. The summed E-state index contributed by atoms with van der Waals surface area (Å²) in [6.45, 7) is 14.0. The first-order valence-electron chi connectivity index (χ1n) is 12.6. The van der Waals surface area contributed by atoms with Gasteiger partial charge in [0, 0.05) is 30.1 Å². The fourth-order valence-electron chi connectivity index (χ4n) is 4.31. The lowest BCUT2D eigenvalue weighted by molar-refractivity contribution is 0.355. The number of benzene rings is 1. The van der Waals surface area contributed by atoms with Gasteiger partial charge in [0.25, 0.3) is 0 Å². The number of hydrogen-bond donors (Lipinski definition) is 2. The van der Waals surface area contributed by atoms with Gasteiger partial charge in [0.05, 0.1) is 37.0 Å². The van der Waals surface area contributed by atoms with E-state index < -0.39 is 10.9 Å². The Balaban J connectivity index is 1.89. The van der Waals surface area contributed by atoms with Gasteiger partial charge in [0.15, 0.2) is 17.3 Å². The molecule has 39 heavy (non-hydrogen) atoms. The smallest absolute Gasteiger partial charge is 0.222 e. The number of pyridine rings is 1. The normalized spacial score (nSPS) is 14.0. The minimum atomic E-state index is -2.96. The van der Waals surface area contributed by atoms with Crippen LogP contribution in [0.3, 0.4) is 0 Å². The Kier molecular flexibility index (Phi) is 7.91. The standard InChI is InChI=1S/C26H34N8O4S/c1-9-33(10-2)21-12-11-17(15(3)27-21)28-22-23(26(4,5)6)31-34-24(29-30-25(22)34)16-13-19(37-7)20(38-8)14-18(16)32-39(35)36/h11-14,39H,9-10H2,1-8H3,(H,32,35,36)/b28-22-. The molecule has 0 spiro atoms. The number of methoxy groups -OCH3 is 2. The van der Waals surface area contributed by atoms with Gasteiger partial charge in [-0.1, -0.05) is 20.8 Å². The molecule has 0 bridgehead atoms. The topological polar surface area (TPSA) is 136 Å². The van der Waals surface area contributed by atoms with Crippen LogP contribution in [0.1, 0.15) is 46.1 Å². The van der Waals surface area contributed by atoms with E-state index in [4.69, 9.17) is 24.6 Å². The van der Waals surface area contributed by atoms with Gasteiger partial charge in [-0.3, -0.25) is 4.72 Å². The van der Waals surface area contributed by atoms with Crippen LogP contribution in [-0.4, -0.2) is 67.0 Å². The Morgan fingerprint density at radius 2 is 1.67 bits per heavy atom. The number of thiol groups is 1. The van der Waals surface area contributed by atoms with E-state index in [1.807, 2.05) is 39.8 Å². The van der Waals surface area contributed by atoms with Crippen LogP contribution in [0.5, 0.6) is 11.5 Å². The Morgan fingerprint density at radius 1 is 1.03 bits per heavy atom. The minimum Gasteiger partial charge on any atom is -0.493 e. The van der Waals surface area contributed by atoms with E-state index in [2.05, 4.69) is 33.7 Å². The maximum atomic E-state index is 11.6. The van der Waals surface area contributed by atoms with E-state index >= 15 is 0 Å². The molecule has 1 aromatic carbocycles. The minimum absolute atomic E-state index is 0.254. The zero-order valence-corrected chi connectivity index (χ0v) is 24.3. The van der Waals surface area contributed by atoms with E-state index in [9.17, 15) is 8.42 Å². The first-order chi connectivity index (χ1) is 18.5. The third kappa shape index (κ3) is 5.44. The molecule has 3 heterocycles. The first kappa shape index (κ1) is 28.0. The van der Waals surface area contributed by atoms with Crippen LogP contribution in [0, 0.1) is 12.3 Å². The Morgan fingerprint density at radius 3 is 2.23 bits per heavy atom. The fourth-order valence-corrected chi connectivity index (χ4v) is 4.69. The van der Waals surface area contributed by atoms with Gasteiger partial charge in [-0.25, -0.2) is 18.4 Å². The fraction of sp³-hybridized carbons (Fsp3) is 0.423. The molecule has 0 atom stereocenters. The number of hydrogen-bond acceptors (Lipinski definition) is 10. The molecule has 0 fully saturated rings. The molecular formula is C26H34N8O4S. The summed E-state index contributed by atoms with van der Waals surface area (Å²) in [7, 11) is 0.00971. The van der Waals surface area contributed by atoms with E-state index in [0.29, 0.717) is 45.8 Å². The van der Waals surface area contributed by atoms with Gasteiger partial charge in [0.2, 0.25) is 16.7 Å². The summed E-state index contributed by atoms with van der Waals surface area (Å²) in [6.07, 6.45) is 0. The maximum absolute atomic E-state index is 11.6. The molecule has 0 aliphatic carbocycles. The largest absolute Gasteiger partial charge is 0.493 e. The molecule has 1 aliphatic heterocycles. The molecule has 1 N–H and O–H groups in total. The highest BCUT2D eigenvalue weighted by Gasteiger charge is 2.36. The van der Waals surface area contributed by atoms with Crippen LogP contribution >= 0.6 is 0 Å². The van der Waals surface area contributed by atoms with Gasteiger partial charge >= 0.3 is 0 Å². The second-order valence-corrected chi connectivity index (χ2v) is 10.6. The predicted molar refractivity (Wildman–Crippen MR) is 154 cm³/mol. The lowest BCUT2D eigenvalue weighted by Crippen LogP contribution is -2.27. The van der Waals surface area contributed by atoms with Crippen molar-refractivity contribution in [3.63, 3.8) is 0 Å². The molecule has 0 saturated heterocycles. The SMILES string of the molecule is CCN(CC)c1ccc(/N=C2/C(C(C)(C)C)=Nn3c2nnc3-c2cc(OC)c(OC)cc2N[SH](=O)=O)c(C)n1. The van der Waals surface area contributed by atoms with Crippen molar-refractivity contribution in [2.75, 3.05) is 36.9 Å². The number of aliphatic imine (C=N–C) groups is 1.